The number of hydrogen-bond donors (Lipinski definition) is 2. The van der Waals surface area contributed by atoms with Gasteiger partial charge in [0.1, 0.15) is 5.75 Å². The lowest BCUT2D eigenvalue weighted by molar-refractivity contribution is -0.122. The van der Waals surface area contributed by atoms with Crippen molar-refractivity contribution >= 4 is 18.1 Å². The molecule has 31 heavy (non-hydrogen) atoms. The fraction of sp³-hybridized carbons (Fsp3) is 0.375. The van der Waals surface area contributed by atoms with Gasteiger partial charge in [0.05, 0.1) is 13.2 Å². The highest BCUT2D eigenvalue weighted by Gasteiger charge is 2.19. The number of aryl methyl sites for hydroxylation is 1. The molecule has 1 amide bonds. The second-order valence-corrected chi connectivity index (χ2v) is 8.25. The van der Waals surface area contributed by atoms with Crippen LogP contribution < -0.4 is 10.1 Å². The van der Waals surface area contributed by atoms with Crippen LogP contribution in [0, 0.1) is 10.7 Å². The van der Waals surface area contributed by atoms with Crippen LogP contribution in [0.4, 0.5) is 0 Å². The van der Waals surface area contributed by atoms with Crippen LogP contribution in [-0.2, 0) is 17.8 Å². The number of rotatable bonds is 9. The van der Waals surface area contributed by atoms with Crippen molar-refractivity contribution < 1.29 is 9.53 Å². The summed E-state index contributed by atoms with van der Waals surface area (Å²) >= 11 is 5.39. The highest BCUT2D eigenvalue weighted by Crippen LogP contribution is 2.23. The van der Waals surface area contributed by atoms with E-state index in [9.17, 15) is 4.79 Å². The number of carbonyl (C=O) groups is 1. The standard InChI is InChI=1S/C24H30N4O2S/c1-5-17-6-8-18(9-7-17)22(16(2)3)25-21(29)14-15-28-23(26-27-24(28)31)19-10-12-20(30-4)13-11-19/h6-13,16,22H,5,14-15H2,1-4H3,(H,25,29)(H,27,31). The van der Waals surface area contributed by atoms with E-state index >= 15 is 0 Å². The number of hydrogen-bond acceptors (Lipinski definition) is 4. The summed E-state index contributed by atoms with van der Waals surface area (Å²) in [4.78, 5) is 12.8. The molecular weight excluding hydrogens is 408 g/mol. The van der Waals surface area contributed by atoms with Gasteiger partial charge in [0.25, 0.3) is 0 Å². The van der Waals surface area contributed by atoms with Gasteiger partial charge in [-0.1, -0.05) is 45.0 Å². The molecule has 0 aliphatic heterocycles. The topological polar surface area (TPSA) is 71.9 Å². The largest absolute Gasteiger partial charge is 0.497 e. The minimum Gasteiger partial charge on any atom is -0.497 e. The van der Waals surface area contributed by atoms with Crippen molar-refractivity contribution in [1.29, 1.82) is 0 Å². The molecule has 0 aliphatic rings. The molecule has 1 atom stereocenters. The third-order valence-corrected chi connectivity index (χ3v) is 5.71. The Morgan fingerprint density at radius 3 is 2.42 bits per heavy atom. The predicted octanol–water partition coefficient (Wildman–Crippen LogP) is 5.08. The summed E-state index contributed by atoms with van der Waals surface area (Å²) in [6, 6.07) is 16.0. The van der Waals surface area contributed by atoms with Crippen molar-refractivity contribution in [3.63, 3.8) is 0 Å². The van der Waals surface area contributed by atoms with Crippen molar-refractivity contribution in [2.75, 3.05) is 7.11 Å². The van der Waals surface area contributed by atoms with Crippen LogP contribution in [0.3, 0.4) is 0 Å². The van der Waals surface area contributed by atoms with E-state index in [1.807, 2.05) is 28.8 Å². The minimum absolute atomic E-state index is 0.0120. The number of nitrogens with zero attached hydrogens (tertiary/aromatic N) is 2. The zero-order valence-electron chi connectivity index (χ0n) is 18.5. The minimum atomic E-state index is -0.0308. The summed E-state index contributed by atoms with van der Waals surface area (Å²) in [5.41, 5.74) is 3.32. The lowest BCUT2D eigenvalue weighted by Crippen LogP contribution is -2.32. The van der Waals surface area contributed by atoms with Gasteiger partial charge in [0.15, 0.2) is 10.6 Å². The van der Waals surface area contributed by atoms with Gasteiger partial charge in [-0.15, -0.1) is 0 Å². The van der Waals surface area contributed by atoms with Gasteiger partial charge in [-0.2, -0.15) is 5.10 Å². The zero-order valence-corrected chi connectivity index (χ0v) is 19.3. The van der Waals surface area contributed by atoms with Gasteiger partial charge in [-0.25, -0.2) is 0 Å². The molecule has 7 heteroatoms. The van der Waals surface area contributed by atoms with Gasteiger partial charge in [0, 0.05) is 18.5 Å². The molecule has 2 N–H and O–H groups in total. The van der Waals surface area contributed by atoms with Gasteiger partial charge in [-0.05, 0) is 59.9 Å². The molecule has 2 aromatic carbocycles. The molecular formula is C24H30N4O2S. The number of carbonyl (C=O) groups excluding carboxylic acids is 1. The SMILES string of the molecule is CCc1ccc(C(NC(=O)CCn2c(-c3ccc(OC)cc3)n[nH]c2=S)C(C)C)cc1. The highest BCUT2D eigenvalue weighted by atomic mass is 32.1. The molecule has 1 heterocycles. The number of aromatic nitrogens is 3. The Kier molecular flexibility index (Phi) is 7.63. The number of benzene rings is 2. The van der Waals surface area contributed by atoms with Crippen molar-refractivity contribution in [3.8, 4) is 17.1 Å². The first-order valence-electron chi connectivity index (χ1n) is 10.6. The van der Waals surface area contributed by atoms with Crippen molar-refractivity contribution in [1.82, 2.24) is 20.1 Å². The van der Waals surface area contributed by atoms with Crippen LogP contribution in [-0.4, -0.2) is 27.8 Å². The molecule has 1 unspecified atom stereocenters. The normalized spacial score (nSPS) is 12.0. The lowest BCUT2D eigenvalue weighted by atomic mass is 9.94. The smallest absolute Gasteiger partial charge is 0.222 e. The average molecular weight is 439 g/mol. The van der Waals surface area contributed by atoms with Crippen LogP contribution in [0.2, 0.25) is 0 Å². The molecule has 0 spiro atoms. The molecule has 0 fully saturated rings. The summed E-state index contributed by atoms with van der Waals surface area (Å²) in [6.45, 7) is 6.82. The fourth-order valence-corrected chi connectivity index (χ4v) is 3.76. The monoisotopic (exact) mass is 438 g/mol. The summed E-state index contributed by atoms with van der Waals surface area (Å²) in [5.74, 6) is 1.75. The second-order valence-electron chi connectivity index (χ2n) is 7.87. The molecule has 164 valence electrons. The molecule has 1 aromatic heterocycles. The number of aromatic amines is 1. The molecule has 0 bridgehead atoms. The Balaban J connectivity index is 1.69. The van der Waals surface area contributed by atoms with Crippen molar-refractivity contribution in [2.45, 2.75) is 46.2 Å². The van der Waals surface area contributed by atoms with Crippen LogP contribution in [0.15, 0.2) is 48.5 Å². The molecule has 0 aliphatic carbocycles. The lowest BCUT2D eigenvalue weighted by Gasteiger charge is -2.23. The molecule has 0 radical (unpaired) electrons. The Morgan fingerprint density at radius 1 is 1.16 bits per heavy atom. The number of amides is 1. The van der Waals surface area contributed by atoms with Gasteiger partial charge in [0.2, 0.25) is 5.91 Å². The van der Waals surface area contributed by atoms with E-state index in [0.717, 1.165) is 23.3 Å². The van der Waals surface area contributed by atoms with E-state index in [0.29, 0.717) is 23.6 Å². The van der Waals surface area contributed by atoms with E-state index < -0.39 is 0 Å². The Morgan fingerprint density at radius 2 is 1.84 bits per heavy atom. The number of methoxy groups -OCH3 is 1. The first-order valence-corrected chi connectivity index (χ1v) is 11.0. The van der Waals surface area contributed by atoms with E-state index in [2.05, 4.69) is 60.6 Å². The quantitative estimate of drug-likeness (QED) is 0.457. The van der Waals surface area contributed by atoms with Crippen LogP contribution in [0.1, 0.15) is 44.4 Å². The maximum atomic E-state index is 12.8. The molecule has 3 rings (SSSR count). The zero-order chi connectivity index (χ0) is 22.4. The molecule has 0 saturated carbocycles. The number of nitrogens with one attached hydrogen (secondary N) is 2. The summed E-state index contributed by atoms with van der Waals surface area (Å²) < 4.78 is 7.57. The van der Waals surface area contributed by atoms with Crippen molar-refractivity contribution in [2.24, 2.45) is 5.92 Å². The Bertz CT molecular complexity index is 1050. The molecule has 6 nitrogen and oxygen atoms in total. The maximum Gasteiger partial charge on any atom is 0.222 e. The Labute approximate surface area is 188 Å². The third kappa shape index (κ3) is 5.61. The predicted molar refractivity (Wildman–Crippen MR) is 126 cm³/mol. The van der Waals surface area contributed by atoms with E-state index in [4.69, 9.17) is 17.0 Å². The average Bonchev–Trinajstić information content (AvgIpc) is 3.16. The first-order chi connectivity index (χ1) is 14.9. The maximum absolute atomic E-state index is 12.8. The highest BCUT2D eigenvalue weighted by molar-refractivity contribution is 7.71. The van der Waals surface area contributed by atoms with Crippen LogP contribution in [0.5, 0.6) is 5.75 Å². The Hall–Kier alpha value is -2.93. The van der Waals surface area contributed by atoms with E-state index in [-0.39, 0.29) is 17.9 Å². The third-order valence-electron chi connectivity index (χ3n) is 5.40. The van der Waals surface area contributed by atoms with E-state index in [1.165, 1.54) is 5.56 Å². The summed E-state index contributed by atoms with van der Waals surface area (Å²) in [7, 11) is 1.63. The number of H-pyrrole nitrogens is 1. The second kappa shape index (κ2) is 10.4. The van der Waals surface area contributed by atoms with Gasteiger partial charge < -0.3 is 10.1 Å². The van der Waals surface area contributed by atoms with Crippen molar-refractivity contribution in [3.05, 3.63) is 64.4 Å². The summed E-state index contributed by atoms with van der Waals surface area (Å²) in [6.07, 6.45) is 1.31. The van der Waals surface area contributed by atoms with Crippen LogP contribution in [0.25, 0.3) is 11.4 Å². The fourth-order valence-electron chi connectivity index (χ4n) is 3.54. The summed E-state index contributed by atoms with van der Waals surface area (Å²) in [5, 5.41) is 10.4. The van der Waals surface area contributed by atoms with E-state index in [1.54, 1.807) is 7.11 Å². The van der Waals surface area contributed by atoms with Gasteiger partial charge >= 0.3 is 0 Å². The van der Waals surface area contributed by atoms with Gasteiger partial charge in [-0.3, -0.25) is 14.5 Å². The van der Waals surface area contributed by atoms with Crippen LogP contribution >= 0.6 is 12.2 Å². The molecule has 3 aromatic rings. The number of ether oxygens (including phenoxy) is 1. The molecule has 0 saturated heterocycles. The first kappa shape index (κ1) is 22.7.